The first-order valence-corrected chi connectivity index (χ1v) is 9.28. The van der Waals surface area contributed by atoms with E-state index in [2.05, 4.69) is 21.2 Å². The first-order valence-electron chi connectivity index (χ1n) is 9.28. The number of hydrogen-bond donors (Lipinski definition) is 3. The second kappa shape index (κ2) is 11.3. The van der Waals surface area contributed by atoms with Gasteiger partial charge in [0.25, 0.3) is 5.91 Å². The van der Waals surface area contributed by atoms with Gasteiger partial charge in [-0.1, -0.05) is 0 Å². The fourth-order valence-corrected chi connectivity index (χ4v) is 2.30. The minimum Gasteiger partial charge on any atom is -0.493 e. The molecule has 0 unspecified atom stereocenters. The second-order valence-electron chi connectivity index (χ2n) is 6.58. The summed E-state index contributed by atoms with van der Waals surface area (Å²) in [5.74, 6) is -1.85. The number of anilines is 1. The molecule has 164 valence electrons. The van der Waals surface area contributed by atoms with E-state index in [-0.39, 0.29) is 12.6 Å². The van der Waals surface area contributed by atoms with Crippen LogP contribution in [-0.4, -0.2) is 43.7 Å². The number of amides is 3. The van der Waals surface area contributed by atoms with Crippen molar-refractivity contribution in [3.8, 4) is 11.5 Å². The first-order chi connectivity index (χ1) is 14.8. The van der Waals surface area contributed by atoms with Crippen molar-refractivity contribution in [2.24, 2.45) is 5.10 Å². The molecule has 9 nitrogen and oxygen atoms in total. The second-order valence-corrected chi connectivity index (χ2v) is 6.58. The average Bonchev–Trinajstić information content (AvgIpc) is 2.73. The van der Waals surface area contributed by atoms with Crippen molar-refractivity contribution in [3.63, 3.8) is 0 Å². The number of benzene rings is 2. The summed E-state index contributed by atoms with van der Waals surface area (Å²) in [4.78, 5) is 35.1. The Morgan fingerprint density at radius 2 is 1.77 bits per heavy atom. The van der Waals surface area contributed by atoms with E-state index in [1.807, 2.05) is 0 Å². The molecule has 0 radical (unpaired) electrons. The van der Waals surface area contributed by atoms with Crippen LogP contribution < -0.4 is 25.5 Å². The van der Waals surface area contributed by atoms with E-state index >= 15 is 0 Å². The van der Waals surface area contributed by atoms with E-state index < -0.39 is 23.5 Å². The smallest absolute Gasteiger partial charge is 0.329 e. The topological polar surface area (TPSA) is 118 Å². The molecule has 0 bridgehead atoms. The number of hydrogen-bond acceptors (Lipinski definition) is 6. The third-order valence-electron chi connectivity index (χ3n) is 3.68. The third kappa shape index (κ3) is 7.77. The van der Waals surface area contributed by atoms with E-state index in [1.54, 1.807) is 32.0 Å². The summed E-state index contributed by atoms with van der Waals surface area (Å²) in [5.41, 5.74) is 3.13. The Morgan fingerprint density at radius 3 is 2.42 bits per heavy atom. The molecule has 3 amide bonds. The van der Waals surface area contributed by atoms with E-state index in [9.17, 15) is 18.8 Å². The number of carbonyl (C=O) groups excluding carboxylic acids is 3. The molecule has 0 aromatic heterocycles. The van der Waals surface area contributed by atoms with Crippen LogP contribution in [0, 0.1) is 5.82 Å². The summed E-state index contributed by atoms with van der Waals surface area (Å²) < 4.78 is 23.6. The summed E-state index contributed by atoms with van der Waals surface area (Å²) in [6, 6.07) is 9.95. The molecular formula is C21H23FN4O5. The zero-order chi connectivity index (χ0) is 22.8. The normalized spacial score (nSPS) is 10.6. The van der Waals surface area contributed by atoms with Crippen LogP contribution in [0.5, 0.6) is 11.5 Å². The molecule has 3 N–H and O–H groups in total. The van der Waals surface area contributed by atoms with Crippen molar-refractivity contribution >= 4 is 29.6 Å². The van der Waals surface area contributed by atoms with Gasteiger partial charge in [0, 0.05) is 11.7 Å². The highest BCUT2D eigenvalue weighted by Crippen LogP contribution is 2.27. The van der Waals surface area contributed by atoms with E-state index in [1.165, 1.54) is 37.6 Å². The Bertz CT molecular complexity index is 961. The van der Waals surface area contributed by atoms with Crippen molar-refractivity contribution < 1.29 is 28.2 Å². The number of hydrazone groups is 1. The summed E-state index contributed by atoms with van der Waals surface area (Å²) in [7, 11) is 1.43. The Hall–Kier alpha value is -3.95. The van der Waals surface area contributed by atoms with Crippen molar-refractivity contribution in [2.45, 2.75) is 19.9 Å². The number of ether oxygens (including phenoxy) is 2. The van der Waals surface area contributed by atoms with Gasteiger partial charge in [-0.05, 0) is 61.9 Å². The Kier molecular flexibility index (Phi) is 8.50. The highest BCUT2D eigenvalue weighted by Gasteiger charge is 2.13. The molecule has 0 heterocycles. The lowest BCUT2D eigenvalue weighted by Gasteiger charge is -2.11. The van der Waals surface area contributed by atoms with Gasteiger partial charge in [-0.3, -0.25) is 14.4 Å². The number of methoxy groups -OCH3 is 1. The number of nitrogens with zero attached hydrogens (tertiary/aromatic N) is 1. The fraction of sp³-hybridized carbons (Fsp3) is 0.238. The standard InChI is InChI=1S/C21H23FN4O5/c1-13(2)24-20(28)21(29)26-23-11-14-4-9-17(18(10-14)30-3)31-12-19(27)25-16-7-5-15(22)6-8-16/h4-11,13H,12H2,1-3H3,(H,24,28)(H,25,27)(H,26,29)/b23-11-. The van der Waals surface area contributed by atoms with Gasteiger partial charge in [0.15, 0.2) is 18.1 Å². The lowest BCUT2D eigenvalue weighted by atomic mass is 10.2. The minimum absolute atomic E-state index is 0.170. The fourth-order valence-electron chi connectivity index (χ4n) is 2.30. The third-order valence-corrected chi connectivity index (χ3v) is 3.68. The molecule has 0 aliphatic heterocycles. The van der Waals surface area contributed by atoms with Gasteiger partial charge in [0.1, 0.15) is 5.82 Å². The van der Waals surface area contributed by atoms with Gasteiger partial charge in [-0.15, -0.1) is 0 Å². The summed E-state index contributed by atoms with van der Waals surface area (Å²) in [6.07, 6.45) is 1.33. The molecule has 10 heteroatoms. The molecule has 0 aliphatic rings. The van der Waals surface area contributed by atoms with Crippen molar-refractivity contribution in [1.82, 2.24) is 10.7 Å². The van der Waals surface area contributed by atoms with Crippen LogP contribution in [0.25, 0.3) is 0 Å². The molecule has 2 aromatic carbocycles. The monoisotopic (exact) mass is 430 g/mol. The van der Waals surface area contributed by atoms with Gasteiger partial charge in [-0.25, -0.2) is 9.82 Å². The van der Waals surface area contributed by atoms with Crippen LogP contribution in [0.4, 0.5) is 10.1 Å². The van der Waals surface area contributed by atoms with Gasteiger partial charge in [0.2, 0.25) is 0 Å². The largest absolute Gasteiger partial charge is 0.493 e. The molecule has 2 rings (SSSR count). The van der Waals surface area contributed by atoms with Crippen LogP contribution in [0.1, 0.15) is 19.4 Å². The van der Waals surface area contributed by atoms with E-state index in [4.69, 9.17) is 9.47 Å². The van der Waals surface area contributed by atoms with Crippen LogP contribution in [-0.2, 0) is 14.4 Å². The number of carbonyl (C=O) groups is 3. The Labute approximate surface area is 178 Å². The number of nitrogens with one attached hydrogen (secondary N) is 3. The molecule has 0 atom stereocenters. The van der Waals surface area contributed by atoms with Crippen LogP contribution in [0.15, 0.2) is 47.6 Å². The molecule has 31 heavy (non-hydrogen) atoms. The molecule has 0 spiro atoms. The summed E-state index contributed by atoms with van der Waals surface area (Å²) in [6.45, 7) is 3.18. The van der Waals surface area contributed by atoms with Gasteiger partial charge < -0.3 is 20.1 Å². The first kappa shape index (κ1) is 23.3. The van der Waals surface area contributed by atoms with Crippen LogP contribution in [0.3, 0.4) is 0 Å². The number of rotatable bonds is 8. The molecular weight excluding hydrogens is 407 g/mol. The lowest BCUT2D eigenvalue weighted by molar-refractivity contribution is -0.139. The van der Waals surface area contributed by atoms with E-state index in [0.29, 0.717) is 22.7 Å². The molecule has 0 saturated heterocycles. The molecule has 2 aromatic rings. The molecule has 0 saturated carbocycles. The van der Waals surface area contributed by atoms with Crippen molar-refractivity contribution in [1.29, 1.82) is 0 Å². The highest BCUT2D eigenvalue weighted by molar-refractivity contribution is 6.35. The van der Waals surface area contributed by atoms with Gasteiger partial charge in [-0.2, -0.15) is 5.10 Å². The maximum atomic E-state index is 12.9. The van der Waals surface area contributed by atoms with Crippen molar-refractivity contribution in [3.05, 3.63) is 53.8 Å². The predicted octanol–water partition coefficient (Wildman–Crippen LogP) is 1.83. The maximum Gasteiger partial charge on any atom is 0.329 e. The Morgan fingerprint density at radius 1 is 1.06 bits per heavy atom. The summed E-state index contributed by atoms with van der Waals surface area (Å²) >= 11 is 0. The lowest BCUT2D eigenvalue weighted by Crippen LogP contribution is -2.41. The number of halogens is 1. The highest BCUT2D eigenvalue weighted by atomic mass is 19.1. The zero-order valence-corrected chi connectivity index (χ0v) is 17.3. The molecule has 0 fully saturated rings. The van der Waals surface area contributed by atoms with Gasteiger partial charge >= 0.3 is 11.8 Å². The zero-order valence-electron chi connectivity index (χ0n) is 17.3. The minimum atomic E-state index is -0.885. The van der Waals surface area contributed by atoms with E-state index in [0.717, 1.165) is 0 Å². The SMILES string of the molecule is COc1cc(/C=N\NC(=O)C(=O)NC(C)C)ccc1OCC(=O)Nc1ccc(F)cc1. The average molecular weight is 430 g/mol. The maximum absolute atomic E-state index is 12.9. The quantitative estimate of drug-likeness (QED) is 0.335. The predicted molar refractivity (Wildman–Crippen MR) is 113 cm³/mol. The van der Waals surface area contributed by atoms with Crippen LogP contribution in [0.2, 0.25) is 0 Å². The van der Waals surface area contributed by atoms with Gasteiger partial charge in [0.05, 0.1) is 13.3 Å². The Balaban J connectivity index is 1.91. The van der Waals surface area contributed by atoms with Crippen molar-refractivity contribution in [2.75, 3.05) is 19.0 Å². The molecule has 0 aliphatic carbocycles. The summed E-state index contributed by atoms with van der Waals surface area (Å²) in [5, 5.41) is 8.76. The van der Waals surface area contributed by atoms with Crippen LogP contribution >= 0.6 is 0 Å².